The number of hydrogen-bond acceptors (Lipinski definition) is 2. The first-order valence-electron chi connectivity index (χ1n) is 7.61. The van der Waals surface area contributed by atoms with Gasteiger partial charge in [-0.1, -0.05) is 27.2 Å². The van der Waals surface area contributed by atoms with Gasteiger partial charge in [0.15, 0.2) is 0 Å². The van der Waals surface area contributed by atoms with Crippen LogP contribution in [0.3, 0.4) is 0 Å². The lowest BCUT2D eigenvalue weighted by atomic mass is 9.65. The molecule has 1 saturated carbocycles. The van der Waals surface area contributed by atoms with Crippen molar-refractivity contribution >= 4 is 5.69 Å². The summed E-state index contributed by atoms with van der Waals surface area (Å²) >= 11 is 0. The largest absolute Gasteiger partial charge is 0.394 e. The average molecular weight is 279 g/mol. The van der Waals surface area contributed by atoms with Crippen LogP contribution in [0, 0.1) is 23.6 Å². The van der Waals surface area contributed by atoms with Crippen molar-refractivity contribution in [2.75, 3.05) is 11.9 Å². The molecule has 0 heterocycles. The minimum absolute atomic E-state index is 0.123. The zero-order valence-corrected chi connectivity index (χ0v) is 12.7. The van der Waals surface area contributed by atoms with E-state index in [0.717, 1.165) is 18.5 Å². The maximum atomic E-state index is 13.0. The van der Waals surface area contributed by atoms with Gasteiger partial charge in [-0.3, -0.25) is 0 Å². The van der Waals surface area contributed by atoms with Crippen LogP contribution in [0.25, 0.3) is 0 Å². The first kappa shape index (κ1) is 15.3. The Kier molecular flexibility index (Phi) is 4.69. The first-order valence-corrected chi connectivity index (χ1v) is 7.61. The lowest BCUT2D eigenvalue weighted by molar-refractivity contribution is 0.0685. The third-order valence-electron chi connectivity index (χ3n) is 4.72. The van der Waals surface area contributed by atoms with Gasteiger partial charge >= 0.3 is 0 Å². The number of rotatable bonds is 4. The predicted molar refractivity (Wildman–Crippen MR) is 81.2 cm³/mol. The van der Waals surface area contributed by atoms with E-state index in [0.29, 0.717) is 17.8 Å². The molecule has 3 unspecified atom stereocenters. The molecule has 0 amide bonds. The van der Waals surface area contributed by atoms with E-state index in [1.807, 2.05) is 0 Å². The van der Waals surface area contributed by atoms with E-state index in [1.54, 1.807) is 12.1 Å². The highest BCUT2D eigenvalue weighted by Gasteiger charge is 2.43. The Balaban J connectivity index is 2.26. The molecule has 0 bridgehead atoms. The van der Waals surface area contributed by atoms with Crippen molar-refractivity contribution < 1.29 is 9.50 Å². The number of hydrogen-bond donors (Lipinski definition) is 2. The maximum absolute atomic E-state index is 13.0. The van der Waals surface area contributed by atoms with Gasteiger partial charge in [-0.2, -0.15) is 0 Å². The summed E-state index contributed by atoms with van der Waals surface area (Å²) in [5, 5.41) is 13.6. The number of benzene rings is 1. The van der Waals surface area contributed by atoms with Gasteiger partial charge in [0.25, 0.3) is 0 Å². The van der Waals surface area contributed by atoms with Crippen molar-refractivity contribution in [3.8, 4) is 0 Å². The number of aliphatic hydroxyl groups excluding tert-OH is 1. The summed E-state index contributed by atoms with van der Waals surface area (Å²) in [5.74, 6) is 1.33. The van der Waals surface area contributed by atoms with Crippen molar-refractivity contribution in [1.29, 1.82) is 0 Å². The number of aliphatic hydroxyl groups is 1. The molecule has 3 atom stereocenters. The topological polar surface area (TPSA) is 32.3 Å². The van der Waals surface area contributed by atoms with Crippen molar-refractivity contribution in [3.05, 3.63) is 30.1 Å². The predicted octanol–water partition coefficient (Wildman–Crippen LogP) is 4.06. The lowest BCUT2D eigenvalue weighted by Crippen LogP contribution is -2.54. The second-order valence-electron chi connectivity index (χ2n) is 6.68. The standard InChI is InChI=1S/C17H26FNO/c1-12(2)16-9-4-13(3)10-17(16,11-20)19-15-7-5-14(18)6-8-15/h5-8,12-13,16,19-20H,4,9-11H2,1-3H3. The summed E-state index contributed by atoms with van der Waals surface area (Å²) < 4.78 is 13.0. The average Bonchev–Trinajstić information content (AvgIpc) is 2.41. The highest BCUT2D eigenvalue weighted by molar-refractivity contribution is 5.46. The van der Waals surface area contributed by atoms with Crippen LogP contribution in [0.2, 0.25) is 0 Å². The molecule has 1 aromatic rings. The minimum atomic E-state index is -0.288. The van der Waals surface area contributed by atoms with Crippen LogP contribution in [0.5, 0.6) is 0 Å². The van der Waals surface area contributed by atoms with Gasteiger partial charge in [-0.25, -0.2) is 4.39 Å². The first-order chi connectivity index (χ1) is 9.47. The molecule has 1 aliphatic rings. The minimum Gasteiger partial charge on any atom is -0.394 e. The van der Waals surface area contributed by atoms with Crippen LogP contribution in [-0.2, 0) is 0 Å². The Labute approximate surface area is 121 Å². The second-order valence-corrected chi connectivity index (χ2v) is 6.68. The van der Waals surface area contributed by atoms with Crippen molar-refractivity contribution in [1.82, 2.24) is 0 Å². The van der Waals surface area contributed by atoms with Crippen molar-refractivity contribution in [3.63, 3.8) is 0 Å². The van der Waals surface area contributed by atoms with E-state index < -0.39 is 0 Å². The molecule has 2 N–H and O–H groups in total. The molecule has 0 spiro atoms. The number of nitrogens with one attached hydrogen (secondary N) is 1. The Bertz CT molecular complexity index is 431. The van der Waals surface area contributed by atoms with E-state index in [-0.39, 0.29) is 18.0 Å². The molecule has 112 valence electrons. The second kappa shape index (κ2) is 6.13. The van der Waals surface area contributed by atoms with Gasteiger partial charge in [0.05, 0.1) is 12.1 Å². The third-order valence-corrected chi connectivity index (χ3v) is 4.72. The van der Waals surface area contributed by atoms with Crippen LogP contribution in [0.4, 0.5) is 10.1 Å². The summed E-state index contributed by atoms with van der Waals surface area (Å²) in [7, 11) is 0. The molecule has 3 heteroatoms. The Morgan fingerprint density at radius 1 is 1.30 bits per heavy atom. The fourth-order valence-corrected chi connectivity index (χ4v) is 3.77. The van der Waals surface area contributed by atoms with Gasteiger partial charge in [-0.15, -0.1) is 0 Å². The van der Waals surface area contributed by atoms with Gasteiger partial charge in [-0.05, 0) is 54.9 Å². The van der Waals surface area contributed by atoms with Gasteiger partial charge < -0.3 is 10.4 Å². The molecule has 0 aliphatic heterocycles. The zero-order chi connectivity index (χ0) is 14.8. The SMILES string of the molecule is CC1CCC(C(C)C)C(CO)(Nc2ccc(F)cc2)C1. The molecule has 0 saturated heterocycles. The van der Waals surface area contributed by atoms with E-state index in [1.165, 1.54) is 18.6 Å². The molecule has 1 fully saturated rings. The maximum Gasteiger partial charge on any atom is 0.123 e. The van der Waals surface area contributed by atoms with Crippen LogP contribution >= 0.6 is 0 Å². The van der Waals surface area contributed by atoms with Gasteiger partial charge in [0.2, 0.25) is 0 Å². The van der Waals surface area contributed by atoms with Crippen LogP contribution in [0.1, 0.15) is 40.0 Å². The Hall–Kier alpha value is -1.09. The van der Waals surface area contributed by atoms with E-state index >= 15 is 0 Å². The van der Waals surface area contributed by atoms with Crippen molar-refractivity contribution in [2.24, 2.45) is 17.8 Å². The molecular weight excluding hydrogens is 253 g/mol. The molecule has 20 heavy (non-hydrogen) atoms. The molecule has 2 rings (SSSR count). The molecule has 0 radical (unpaired) electrons. The molecular formula is C17H26FNO. The molecule has 1 aromatic carbocycles. The third kappa shape index (κ3) is 3.14. The quantitative estimate of drug-likeness (QED) is 0.871. The highest BCUT2D eigenvalue weighted by atomic mass is 19.1. The van der Waals surface area contributed by atoms with Crippen LogP contribution in [0.15, 0.2) is 24.3 Å². The zero-order valence-electron chi connectivity index (χ0n) is 12.7. The van der Waals surface area contributed by atoms with Gasteiger partial charge in [0.1, 0.15) is 5.82 Å². The summed E-state index contributed by atoms with van der Waals surface area (Å²) in [6.45, 7) is 6.81. The lowest BCUT2D eigenvalue weighted by Gasteiger charge is -2.48. The molecule has 0 aromatic heterocycles. The summed E-state index contributed by atoms with van der Waals surface area (Å²) in [6, 6.07) is 6.43. The summed E-state index contributed by atoms with van der Waals surface area (Å²) in [5.41, 5.74) is 0.601. The van der Waals surface area contributed by atoms with E-state index in [2.05, 4.69) is 26.1 Å². The summed E-state index contributed by atoms with van der Waals surface area (Å²) in [4.78, 5) is 0. The van der Waals surface area contributed by atoms with E-state index in [4.69, 9.17) is 0 Å². The fraction of sp³-hybridized carbons (Fsp3) is 0.647. The van der Waals surface area contributed by atoms with Gasteiger partial charge in [0, 0.05) is 5.69 Å². The van der Waals surface area contributed by atoms with Crippen LogP contribution in [-0.4, -0.2) is 17.3 Å². The fourth-order valence-electron chi connectivity index (χ4n) is 3.77. The molecule has 2 nitrogen and oxygen atoms in total. The smallest absolute Gasteiger partial charge is 0.123 e. The Morgan fingerprint density at radius 3 is 2.50 bits per heavy atom. The van der Waals surface area contributed by atoms with E-state index in [9.17, 15) is 9.50 Å². The summed E-state index contributed by atoms with van der Waals surface area (Å²) in [6.07, 6.45) is 3.31. The van der Waals surface area contributed by atoms with Crippen molar-refractivity contribution in [2.45, 2.75) is 45.6 Å². The van der Waals surface area contributed by atoms with Crippen LogP contribution < -0.4 is 5.32 Å². The normalized spacial score (nSPS) is 30.5. The number of halogens is 1. The molecule has 1 aliphatic carbocycles. The highest BCUT2D eigenvalue weighted by Crippen LogP contribution is 2.42. The monoisotopic (exact) mass is 279 g/mol. The Morgan fingerprint density at radius 2 is 1.95 bits per heavy atom. The number of anilines is 1.